The van der Waals surface area contributed by atoms with Gasteiger partial charge in [0, 0.05) is 0 Å². The van der Waals surface area contributed by atoms with Crippen molar-refractivity contribution in [2.45, 2.75) is 0 Å². The number of ether oxygens (including phenoxy) is 3. The molecule has 0 bridgehead atoms. The lowest BCUT2D eigenvalue weighted by Crippen LogP contribution is -2.08. The minimum atomic E-state index is -0.311. The Balaban J connectivity index is 2.22. The monoisotopic (exact) mass is 298 g/mol. The number of hydrogen-bond acceptors (Lipinski definition) is 5. The van der Waals surface area contributed by atoms with Gasteiger partial charge in [-0.3, -0.25) is 4.79 Å². The normalized spacial score (nSPS) is 10.5. The summed E-state index contributed by atoms with van der Waals surface area (Å²) in [5.41, 5.74) is 0.00955. The Bertz CT molecular complexity index is 852. The van der Waals surface area contributed by atoms with Crippen LogP contribution >= 0.6 is 0 Å². The largest absolute Gasteiger partial charge is 0.493 e. The first-order valence-corrected chi connectivity index (χ1v) is 6.65. The van der Waals surface area contributed by atoms with Crippen molar-refractivity contribution in [3.63, 3.8) is 0 Å². The van der Waals surface area contributed by atoms with E-state index in [1.165, 1.54) is 14.2 Å². The van der Waals surface area contributed by atoms with Crippen LogP contribution < -0.4 is 19.6 Å². The van der Waals surface area contributed by atoms with Crippen LogP contribution in [0, 0.1) is 0 Å². The van der Waals surface area contributed by atoms with Crippen LogP contribution in [0.25, 0.3) is 11.0 Å². The molecule has 3 rings (SSSR count). The van der Waals surface area contributed by atoms with Crippen LogP contribution in [0.5, 0.6) is 23.2 Å². The Labute approximate surface area is 126 Å². The van der Waals surface area contributed by atoms with Gasteiger partial charge in [0.2, 0.25) is 11.2 Å². The molecule has 0 spiro atoms. The summed E-state index contributed by atoms with van der Waals surface area (Å²) in [5, 5.41) is 0.372. The second kappa shape index (κ2) is 5.81. The van der Waals surface area contributed by atoms with Crippen LogP contribution in [-0.4, -0.2) is 14.2 Å². The van der Waals surface area contributed by atoms with E-state index in [9.17, 15) is 4.79 Å². The second-order valence-corrected chi connectivity index (χ2v) is 4.50. The van der Waals surface area contributed by atoms with Gasteiger partial charge in [-0.05, 0) is 24.3 Å². The minimum Gasteiger partial charge on any atom is -0.493 e. The fourth-order valence-electron chi connectivity index (χ4n) is 2.15. The van der Waals surface area contributed by atoms with Crippen molar-refractivity contribution in [2.24, 2.45) is 0 Å². The summed E-state index contributed by atoms with van der Waals surface area (Å²) in [6, 6.07) is 14.1. The molecule has 0 unspecified atom stereocenters. The zero-order valence-corrected chi connectivity index (χ0v) is 12.2. The lowest BCUT2D eigenvalue weighted by atomic mass is 10.2. The van der Waals surface area contributed by atoms with E-state index in [4.69, 9.17) is 18.6 Å². The lowest BCUT2D eigenvalue weighted by molar-refractivity contribution is 0.301. The summed E-state index contributed by atoms with van der Waals surface area (Å²) >= 11 is 0. The van der Waals surface area contributed by atoms with E-state index < -0.39 is 0 Å². The summed E-state index contributed by atoms with van der Waals surface area (Å²) in [6.07, 6.45) is 0. The first-order chi connectivity index (χ1) is 10.7. The van der Waals surface area contributed by atoms with Crippen molar-refractivity contribution in [3.05, 3.63) is 58.8 Å². The molecule has 1 aromatic heterocycles. The third kappa shape index (κ3) is 2.37. The van der Waals surface area contributed by atoms with Crippen LogP contribution in [0.3, 0.4) is 0 Å². The fraction of sp³-hybridized carbons (Fsp3) is 0.118. The second-order valence-electron chi connectivity index (χ2n) is 4.50. The molecule has 3 aromatic rings. The van der Waals surface area contributed by atoms with Crippen molar-refractivity contribution in [1.29, 1.82) is 0 Å². The molecule has 0 saturated carbocycles. The van der Waals surface area contributed by atoms with Crippen LogP contribution in [0.15, 0.2) is 57.7 Å². The SMILES string of the molecule is COc1c(Oc2ccccc2)oc2c(OC)cccc2c1=O. The van der Waals surface area contributed by atoms with E-state index in [-0.39, 0.29) is 17.1 Å². The van der Waals surface area contributed by atoms with Gasteiger partial charge in [0.15, 0.2) is 11.3 Å². The molecule has 0 aliphatic rings. The van der Waals surface area contributed by atoms with E-state index in [1.54, 1.807) is 30.3 Å². The van der Waals surface area contributed by atoms with Crippen LogP contribution in [0.4, 0.5) is 0 Å². The number of rotatable bonds is 4. The number of methoxy groups -OCH3 is 2. The smallest absolute Gasteiger partial charge is 0.339 e. The Morgan fingerprint density at radius 1 is 0.909 bits per heavy atom. The summed E-state index contributed by atoms with van der Waals surface area (Å²) in [6.45, 7) is 0. The van der Waals surface area contributed by atoms with Gasteiger partial charge in [-0.15, -0.1) is 0 Å². The number of benzene rings is 2. The fourth-order valence-corrected chi connectivity index (χ4v) is 2.15. The number of fused-ring (bicyclic) bond motifs is 1. The molecule has 0 radical (unpaired) electrons. The van der Waals surface area contributed by atoms with E-state index in [0.29, 0.717) is 22.5 Å². The van der Waals surface area contributed by atoms with Gasteiger partial charge >= 0.3 is 5.95 Å². The minimum absolute atomic E-state index is 0.00398. The van der Waals surface area contributed by atoms with E-state index in [1.807, 2.05) is 18.2 Å². The maximum atomic E-state index is 12.5. The molecule has 0 N–H and O–H groups in total. The van der Waals surface area contributed by atoms with Crippen LogP contribution in [0.2, 0.25) is 0 Å². The third-order valence-corrected chi connectivity index (χ3v) is 3.19. The Morgan fingerprint density at radius 2 is 1.68 bits per heavy atom. The van der Waals surface area contributed by atoms with Crippen molar-refractivity contribution < 1.29 is 18.6 Å². The molecule has 0 amide bonds. The van der Waals surface area contributed by atoms with Gasteiger partial charge in [-0.25, -0.2) is 0 Å². The van der Waals surface area contributed by atoms with Crippen LogP contribution in [-0.2, 0) is 0 Å². The first-order valence-electron chi connectivity index (χ1n) is 6.65. The van der Waals surface area contributed by atoms with Gasteiger partial charge < -0.3 is 18.6 Å². The summed E-state index contributed by atoms with van der Waals surface area (Å²) in [4.78, 5) is 12.5. The third-order valence-electron chi connectivity index (χ3n) is 3.19. The molecule has 22 heavy (non-hydrogen) atoms. The summed E-state index contributed by atoms with van der Waals surface area (Å²) < 4.78 is 21.8. The zero-order valence-electron chi connectivity index (χ0n) is 12.2. The average molecular weight is 298 g/mol. The van der Waals surface area contributed by atoms with E-state index in [2.05, 4.69) is 0 Å². The van der Waals surface area contributed by atoms with Crippen molar-refractivity contribution in [1.82, 2.24) is 0 Å². The molecule has 0 atom stereocenters. The van der Waals surface area contributed by atoms with Crippen molar-refractivity contribution >= 4 is 11.0 Å². The molecule has 112 valence electrons. The molecular formula is C17H14O5. The summed E-state index contributed by atoms with van der Waals surface area (Å²) in [7, 11) is 2.91. The molecule has 1 heterocycles. The lowest BCUT2D eigenvalue weighted by Gasteiger charge is -2.11. The average Bonchev–Trinajstić information content (AvgIpc) is 2.56. The molecule has 2 aromatic carbocycles. The summed E-state index contributed by atoms with van der Waals surface area (Å²) in [5.74, 6) is 1.01. The van der Waals surface area contributed by atoms with E-state index in [0.717, 1.165) is 0 Å². The van der Waals surface area contributed by atoms with Gasteiger partial charge in [0.1, 0.15) is 5.75 Å². The number of hydrogen-bond donors (Lipinski definition) is 0. The maximum absolute atomic E-state index is 12.5. The Hall–Kier alpha value is -2.95. The predicted molar refractivity (Wildman–Crippen MR) is 82.1 cm³/mol. The van der Waals surface area contributed by atoms with Crippen molar-refractivity contribution in [3.8, 4) is 23.2 Å². The highest BCUT2D eigenvalue weighted by Gasteiger charge is 2.19. The molecule has 5 heteroatoms. The van der Waals surface area contributed by atoms with Gasteiger partial charge in [-0.2, -0.15) is 0 Å². The van der Waals surface area contributed by atoms with E-state index >= 15 is 0 Å². The molecule has 0 aliphatic carbocycles. The molecule has 0 fully saturated rings. The van der Waals surface area contributed by atoms with Crippen molar-refractivity contribution in [2.75, 3.05) is 14.2 Å². The first kappa shape index (κ1) is 14.0. The molecule has 0 saturated heterocycles. The quantitative estimate of drug-likeness (QED) is 0.736. The topological polar surface area (TPSA) is 57.9 Å². The van der Waals surface area contributed by atoms with Gasteiger partial charge in [0.05, 0.1) is 19.6 Å². The standard InChI is InChI=1S/C17H14O5/c1-19-13-10-6-9-12-14(18)16(20-2)17(22-15(12)13)21-11-7-4-3-5-8-11/h3-10H,1-2H3. The molecule has 5 nitrogen and oxygen atoms in total. The van der Waals surface area contributed by atoms with Gasteiger partial charge in [0.25, 0.3) is 0 Å². The van der Waals surface area contributed by atoms with Gasteiger partial charge in [-0.1, -0.05) is 24.3 Å². The van der Waals surface area contributed by atoms with Crippen LogP contribution in [0.1, 0.15) is 0 Å². The molecule has 0 aliphatic heterocycles. The molecular weight excluding hydrogens is 284 g/mol. The highest BCUT2D eigenvalue weighted by molar-refractivity contribution is 5.84. The maximum Gasteiger partial charge on any atom is 0.339 e. The number of para-hydroxylation sites is 2. The Kier molecular flexibility index (Phi) is 3.70. The zero-order chi connectivity index (χ0) is 15.5. The predicted octanol–water partition coefficient (Wildman–Crippen LogP) is 3.60. The highest BCUT2D eigenvalue weighted by atomic mass is 16.6. The highest BCUT2D eigenvalue weighted by Crippen LogP contribution is 2.35. The Morgan fingerprint density at radius 3 is 2.36 bits per heavy atom.